The molecule has 2 nitrogen and oxygen atoms in total. The van der Waals surface area contributed by atoms with Gasteiger partial charge in [-0.05, 0) is 35.7 Å². The third kappa shape index (κ3) is 4.19. The van der Waals surface area contributed by atoms with Crippen molar-refractivity contribution < 1.29 is 22.3 Å². The summed E-state index contributed by atoms with van der Waals surface area (Å²) in [6.45, 7) is -2.89. The maximum absolute atomic E-state index is 13.5. The highest BCUT2D eigenvalue weighted by Crippen LogP contribution is 2.22. The number of ether oxygens (including phenoxy) is 1. The molecule has 0 saturated carbocycles. The highest BCUT2D eigenvalue weighted by molar-refractivity contribution is 5.30. The molecule has 0 amide bonds. The van der Waals surface area contributed by atoms with E-state index in [1.165, 1.54) is 30.3 Å². The van der Waals surface area contributed by atoms with Crippen molar-refractivity contribution in [3.63, 3.8) is 0 Å². The van der Waals surface area contributed by atoms with Crippen molar-refractivity contribution in [1.29, 1.82) is 0 Å². The van der Waals surface area contributed by atoms with Gasteiger partial charge in [-0.1, -0.05) is 18.2 Å². The molecule has 6 heteroatoms. The summed E-state index contributed by atoms with van der Waals surface area (Å²) in [5.41, 5.74) is 6.86. The molecule has 0 aliphatic rings. The van der Waals surface area contributed by atoms with Crippen LogP contribution >= 0.6 is 0 Å². The molecule has 0 aliphatic heterocycles. The SMILES string of the molecule is NC(Cc1ccc(F)cc1F)c1ccc(OC(F)F)cc1. The molecule has 0 aliphatic carbocycles. The second-order valence-corrected chi connectivity index (χ2v) is 4.49. The minimum Gasteiger partial charge on any atom is -0.435 e. The summed E-state index contributed by atoms with van der Waals surface area (Å²) < 4.78 is 54.6. The van der Waals surface area contributed by atoms with Crippen LogP contribution in [0.25, 0.3) is 0 Å². The smallest absolute Gasteiger partial charge is 0.387 e. The van der Waals surface area contributed by atoms with E-state index in [9.17, 15) is 17.6 Å². The molecule has 0 aromatic heterocycles. The first-order valence-corrected chi connectivity index (χ1v) is 6.20. The van der Waals surface area contributed by atoms with Crippen molar-refractivity contribution in [3.8, 4) is 5.75 Å². The van der Waals surface area contributed by atoms with E-state index < -0.39 is 24.3 Å². The first-order valence-electron chi connectivity index (χ1n) is 6.20. The topological polar surface area (TPSA) is 35.2 Å². The average molecular weight is 299 g/mol. The van der Waals surface area contributed by atoms with Gasteiger partial charge in [0.25, 0.3) is 0 Å². The first-order chi connectivity index (χ1) is 9.95. The predicted molar refractivity (Wildman–Crippen MR) is 70.1 cm³/mol. The van der Waals surface area contributed by atoms with Gasteiger partial charge in [0.1, 0.15) is 17.4 Å². The summed E-state index contributed by atoms with van der Waals surface area (Å²) in [5, 5.41) is 0. The summed E-state index contributed by atoms with van der Waals surface area (Å²) in [7, 11) is 0. The van der Waals surface area contributed by atoms with Gasteiger partial charge in [-0.2, -0.15) is 8.78 Å². The first kappa shape index (κ1) is 15.3. The Labute approximate surface area is 119 Å². The van der Waals surface area contributed by atoms with Crippen molar-refractivity contribution in [3.05, 3.63) is 65.2 Å². The van der Waals surface area contributed by atoms with Crippen molar-refractivity contribution in [2.75, 3.05) is 0 Å². The summed E-state index contributed by atoms with van der Waals surface area (Å²) in [6.07, 6.45) is 0.168. The zero-order valence-electron chi connectivity index (χ0n) is 10.9. The molecule has 0 fully saturated rings. The lowest BCUT2D eigenvalue weighted by molar-refractivity contribution is -0.0498. The number of benzene rings is 2. The molecule has 2 N–H and O–H groups in total. The van der Waals surface area contributed by atoms with E-state index in [4.69, 9.17) is 5.73 Å². The highest BCUT2D eigenvalue weighted by atomic mass is 19.3. The van der Waals surface area contributed by atoms with E-state index in [-0.39, 0.29) is 17.7 Å². The molecule has 0 radical (unpaired) electrons. The van der Waals surface area contributed by atoms with Crippen LogP contribution in [-0.4, -0.2) is 6.61 Å². The van der Waals surface area contributed by atoms with E-state index >= 15 is 0 Å². The Hall–Kier alpha value is -2.08. The normalized spacial score (nSPS) is 12.5. The molecule has 0 saturated heterocycles. The minimum absolute atomic E-state index is 0.0221. The lowest BCUT2D eigenvalue weighted by Crippen LogP contribution is -2.14. The maximum atomic E-state index is 13.5. The molecule has 0 spiro atoms. The highest BCUT2D eigenvalue weighted by Gasteiger charge is 2.12. The van der Waals surface area contributed by atoms with E-state index in [0.717, 1.165) is 12.1 Å². The average Bonchev–Trinajstić information content (AvgIpc) is 2.42. The van der Waals surface area contributed by atoms with Crippen LogP contribution < -0.4 is 10.5 Å². The minimum atomic E-state index is -2.89. The molecule has 2 aromatic rings. The van der Waals surface area contributed by atoms with Gasteiger partial charge in [0, 0.05) is 12.1 Å². The van der Waals surface area contributed by atoms with Crippen LogP contribution in [0.5, 0.6) is 5.75 Å². The Kier molecular flexibility index (Phi) is 4.80. The van der Waals surface area contributed by atoms with E-state index in [1.807, 2.05) is 0 Å². The van der Waals surface area contributed by atoms with Gasteiger partial charge in [-0.15, -0.1) is 0 Å². The molecular weight excluding hydrogens is 286 g/mol. The van der Waals surface area contributed by atoms with E-state index in [1.54, 1.807) is 0 Å². The summed E-state index contributed by atoms with van der Waals surface area (Å²) in [4.78, 5) is 0. The van der Waals surface area contributed by atoms with Gasteiger partial charge in [-0.3, -0.25) is 0 Å². The maximum Gasteiger partial charge on any atom is 0.387 e. The van der Waals surface area contributed by atoms with Gasteiger partial charge in [0.15, 0.2) is 0 Å². The van der Waals surface area contributed by atoms with Gasteiger partial charge in [0.2, 0.25) is 0 Å². The van der Waals surface area contributed by atoms with Crippen molar-refractivity contribution in [2.24, 2.45) is 5.73 Å². The van der Waals surface area contributed by atoms with Crippen molar-refractivity contribution in [1.82, 2.24) is 0 Å². The third-order valence-corrected chi connectivity index (χ3v) is 2.99. The van der Waals surface area contributed by atoms with Gasteiger partial charge < -0.3 is 10.5 Å². The third-order valence-electron chi connectivity index (χ3n) is 2.99. The fraction of sp³-hybridized carbons (Fsp3) is 0.200. The monoisotopic (exact) mass is 299 g/mol. The van der Waals surface area contributed by atoms with Crippen molar-refractivity contribution in [2.45, 2.75) is 19.1 Å². The quantitative estimate of drug-likeness (QED) is 0.852. The molecule has 2 rings (SSSR count). The number of hydrogen-bond donors (Lipinski definition) is 1. The molecule has 1 unspecified atom stereocenters. The lowest BCUT2D eigenvalue weighted by atomic mass is 9.99. The van der Waals surface area contributed by atoms with Crippen LogP contribution in [0.15, 0.2) is 42.5 Å². The Morgan fingerprint density at radius 1 is 1.00 bits per heavy atom. The zero-order valence-corrected chi connectivity index (χ0v) is 10.9. The number of halogens is 4. The molecule has 1 atom stereocenters. The summed E-state index contributed by atoms with van der Waals surface area (Å²) in [6, 6.07) is 8.54. The molecule has 2 aromatic carbocycles. The van der Waals surface area contributed by atoms with E-state index in [2.05, 4.69) is 4.74 Å². The van der Waals surface area contributed by atoms with Gasteiger partial charge >= 0.3 is 6.61 Å². The van der Waals surface area contributed by atoms with Crippen LogP contribution in [0.2, 0.25) is 0 Å². The van der Waals surface area contributed by atoms with E-state index in [0.29, 0.717) is 5.56 Å². The Morgan fingerprint density at radius 3 is 2.24 bits per heavy atom. The van der Waals surface area contributed by atoms with Crippen LogP contribution in [0, 0.1) is 11.6 Å². The molecule has 21 heavy (non-hydrogen) atoms. The molecule has 0 heterocycles. The predicted octanol–water partition coefficient (Wildman–Crippen LogP) is 3.81. The van der Waals surface area contributed by atoms with Crippen molar-refractivity contribution >= 4 is 0 Å². The molecule has 0 bridgehead atoms. The van der Waals surface area contributed by atoms with Crippen LogP contribution in [0.1, 0.15) is 17.2 Å². The fourth-order valence-corrected chi connectivity index (χ4v) is 1.94. The Balaban J connectivity index is 2.07. The fourth-order valence-electron chi connectivity index (χ4n) is 1.94. The summed E-state index contributed by atoms with van der Waals surface area (Å²) >= 11 is 0. The van der Waals surface area contributed by atoms with Crippen LogP contribution in [-0.2, 0) is 6.42 Å². The number of hydrogen-bond acceptors (Lipinski definition) is 2. The largest absolute Gasteiger partial charge is 0.435 e. The van der Waals surface area contributed by atoms with Gasteiger partial charge in [-0.25, -0.2) is 8.78 Å². The zero-order chi connectivity index (χ0) is 15.4. The second-order valence-electron chi connectivity index (χ2n) is 4.49. The number of rotatable bonds is 5. The Bertz CT molecular complexity index is 601. The summed E-state index contributed by atoms with van der Waals surface area (Å²) in [5.74, 6) is -1.30. The second kappa shape index (κ2) is 6.58. The van der Waals surface area contributed by atoms with Crippen LogP contribution in [0.4, 0.5) is 17.6 Å². The number of alkyl halides is 2. The number of nitrogens with two attached hydrogens (primary N) is 1. The Morgan fingerprint density at radius 2 is 1.67 bits per heavy atom. The van der Waals surface area contributed by atoms with Gasteiger partial charge in [0.05, 0.1) is 0 Å². The van der Waals surface area contributed by atoms with Crippen LogP contribution in [0.3, 0.4) is 0 Å². The lowest BCUT2D eigenvalue weighted by Gasteiger charge is -2.13. The standard InChI is InChI=1S/C15H13F4NO/c16-11-4-1-10(13(17)8-11)7-14(20)9-2-5-12(6-3-9)21-15(18)19/h1-6,8,14-15H,7,20H2. The molecular formula is C15H13F4NO. The molecule has 112 valence electrons.